The normalized spacial score (nSPS) is 26.8. The SMILES string of the molecule is COCC1CCC(COCCCN)CC1. The topological polar surface area (TPSA) is 44.5 Å². The van der Waals surface area contributed by atoms with Gasteiger partial charge in [0.15, 0.2) is 0 Å². The van der Waals surface area contributed by atoms with Crippen LogP contribution in [0.4, 0.5) is 0 Å². The maximum atomic E-state index is 5.60. The van der Waals surface area contributed by atoms with Crippen LogP contribution in [-0.2, 0) is 9.47 Å². The van der Waals surface area contributed by atoms with Crippen LogP contribution in [0.25, 0.3) is 0 Å². The van der Waals surface area contributed by atoms with Crippen molar-refractivity contribution < 1.29 is 9.47 Å². The van der Waals surface area contributed by atoms with Gasteiger partial charge in [0.05, 0.1) is 0 Å². The van der Waals surface area contributed by atoms with Gasteiger partial charge in [-0.2, -0.15) is 0 Å². The van der Waals surface area contributed by atoms with Gasteiger partial charge in [-0.25, -0.2) is 0 Å². The molecule has 90 valence electrons. The van der Waals surface area contributed by atoms with Crippen molar-refractivity contribution in [3.63, 3.8) is 0 Å². The maximum absolute atomic E-state index is 5.60. The van der Waals surface area contributed by atoms with Crippen LogP contribution in [0.1, 0.15) is 32.1 Å². The summed E-state index contributed by atoms with van der Waals surface area (Å²) in [6, 6.07) is 0. The fourth-order valence-corrected chi connectivity index (χ4v) is 2.24. The minimum absolute atomic E-state index is 0.737. The van der Waals surface area contributed by atoms with Gasteiger partial charge in [0.2, 0.25) is 0 Å². The lowest BCUT2D eigenvalue weighted by molar-refractivity contribution is 0.0622. The molecule has 0 aromatic rings. The molecule has 0 aliphatic heterocycles. The minimum atomic E-state index is 0.737. The predicted octanol–water partition coefficient (Wildman–Crippen LogP) is 1.80. The summed E-state index contributed by atoms with van der Waals surface area (Å²) in [7, 11) is 1.79. The molecule has 15 heavy (non-hydrogen) atoms. The second-order valence-electron chi connectivity index (χ2n) is 4.56. The molecule has 1 aliphatic rings. The highest BCUT2D eigenvalue weighted by atomic mass is 16.5. The van der Waals surface area contributed by atoms with E-state index in [1.807, 2.05) is 0 Å². The zero-order valence-corrected chi connectivity index (χ0v) is 9.91. The Kier molecular flexibility index (Phi) is 6.98. The highest BCUT2D eigenvalue weighted by Gasteiger charge is 2.20. The smallest absolute Gasteiger partial charge is 0.0494 e. The first-order valence-electron chi connectivity index (χ1n) is 6.13. The molecule has 0 saturated heterocycles. The third-order valence-corrected chi connectivity index (χ3v) is 3.22. The van der Waals surface area contributed by atoms with E-state index in [1.165, 1.54) is 25.7 Å². The first-order chi connectivity index (χ1) is 7.36. The molecule has 0 amide bonds. The number of rotatable bonds is 7. The first-order valence-corrected chi connectivity index (χ1v) is 6.13. The van der Waals surface area contributed by atoms with Crippen molar-refractivity contribution in [1.29, 1.82) is 0 Å². The van der Waals surface area contributed by atoms with Gasteiger partial charge in [0, 0.05) is 26.9 Å². The fraction of sp³-hybridized carbons (Fsp3) is 1.00. The van der Waals surface area contributed by atoms with E-state index in [1.54, 1.807) is 7.11 Å². The molecule has 1 aliphatic carbocycles. The summed E-state index contributed by atoms with van der Waals surface area (Å²) in [5.41, 5.74) is 5.41. The molecule has 2 N–H and O–H groups in total. The van der Waals surface area contributed by atoms with Gasteiger partial charge in [0.1, 0.15) is 0 Å². The lowest BCUT2D eigenvalue weighted by Crippen LogP contribution is -2.21. The lowest BCUT2D eigenvalue weighted by atomic mass is 9.83. The summed E-state index contributed by atoms with van der Waals surface area (Å²) in [5.74, 6) is 1.56. The van der Waals surface area contributed by atoms with E-state index in [0.717, 1.165) is 44.6 Å². The molecule has 0 bridgehead atoms. The number of nitrogens with two attached hydrogens (primary N) is 1. The third kappa shape index (κ3) is 5.50. The number of hydrogen-bond donors (Lipinski definition) is 1. The summed E-state index contributed by atoms with van der Waals surface area (Å²) < 4.78 is 10.8. The Balaban J connectivity index is 1.99. The number of ether oxygens (including phenoxy) is 2. The van der Waals surface area contributed by atoms with E-state index < -0.39 is 0 Å². The summed E-state index contributed by atoms with van der Waals surface area (Å²) in [5, 5.41) is 0. The molecule has 3 nitrogen and oxygen atoms in total. The number of hydrogen-bond acceptors (Lipinski definition) is 3. The van der Waals surface area contributed by atoms with Crippen LogP contribution < -0.4 is 5.73 Å². The molecular weight excluding hydrogens is 190 g/mol. The second-order valence-corrected chi connectivity index (χ2v) is 4.56. The van der Waals surface area contributed by atoms with Gasteiger partial charge in [-0.1, -0.05) is 0 Å². The Morgan fingerprint density at radius 1 is 1.07 bits per heavy atom. The van der Waals surface area contributed by atoms with Crippen LogP contribution in [0.15, 0.2) is 0 Å². The zero-order chi connectivity index (χ0) is 10.9. The second kappa shape index (κ2) is 8.08. The van der Waals surface area contributed by atoms with E-state index in [4.69, 9.17) is 15.2 Å². The lowest BCUT2D eigenvalue weighted by Gasteiger charge is -2.27. The molecule has 0 heterocycles. The molecular formula is C12H25NO2. The molecule has 0 radical (unpaired) electrons. The van der Waals surface area contributed by atoms with E-state index in [0.29, 0.717) is 0 Å². The van der Waals surface area contributed by atoms with E-state index in [9.17, 15) is 0 Å². The van der Waals surface area contributed by atoms with Gasteiger partial charge in [0.25, 0.3) is 0 Å². The Morgan fingerprint density at radius 2 is 1.67 bits per heavy atom. The molecule has 1 rings (SSSR count). The Hall–Kier alpha value is -0.120. The van der Waals surface area contributed by atoms with Crippen LogP contribution >= 0.6 is 0 Å². The average molecular weight is 215 g/mol. The van der Waals surface area contributed by atoms with Crippen LogP contribution in [0.2, 0.25) is 0 Å². The monoisotopic (exact) mass is 215 g/mol. The maximum Gasteiger partial charge on any atom is 0.0494 e. The van der Waals surface area contributed by atoms with Gasteiger partial charge < -0.3 is 15.2 Å². The zero-order valence-electron chi connectivity index (χ0n) is 9.91. The van der Waals surface area contributed by atoms with Crippen molar-refractivity contribution in [3.05, 3.63) is 0 Å². The highest BCUT2D eigenvalue weighted by Crippen LogP contribution is 2.28. The molecule has 3 heteroatoms. The van der Waals surface area contributed by atoms with Crippen LogP contribution in [0.5, 0.6) is 0 Å². The fourth-order valence-electron chi connectivity index (χ4n) is 2.24. The quantitative estimate of drug-likeness (QED) is 0.659. The van der Waals surface area contributed by atoms with Crippen molar-refractivity contribution in [1.82, 2.24) is 0 Å². The van der Waals surface area contributed by atoms with E-state index in [-0.39, 0.29) is 0 Å². The van der Waals surface area contributed by atoms with E-state index in [2.05, 4.69) is 0 Å². The Morgan fingerprint density at radius 3 is 2.20 bits per heavy atom. The van der Waals surface area contributed by atoms with Gasteiger partial charge in [-0.15, -0.1) is 0 Å². The van der Waals surface area contributed by atoms with Gasteiger partial charge >= 0.3 is 0 Å². The average Bonchev–Trinajstić information content (AvgIpc) is 2.27. The molecule has 1 fully saturated rings. The molecule has 0 unspecified atom stereocenters. The third-order valence-electron chi connectivity index (χ3n) is 3.22. The van der Waals surface area contributed by atoms with Gasteiger partial charge in [-0.3, -0.25) is 0 Å². The largest absolute Gasteiger partial charge is 0.384 e. The van der Waals surface area contributed by atoms with Crippen LogP contribution in [-0.4, -0.2) is 33.5 Å². The summed E-state index contributed by atoms with van der Waals surface area (Å²) in [4.78, 5) is 0. The molecule has 0 aromatic carbocycles. The Labute approximate surface area is 93.3 Å². The van der Waals surface area contributed by atoms with Crippen LogP contribution in [0, 0.1) is 11.8 Å². The molecule has 0 spiro atoms. The van der Waals surface area contributed by atoms with Crippen molar-refractivity contribution in [3.8, 4) is 0 Å². The first kappa shape index (κ1) is 12.9. The van der Waals surface area contributed by atoms with Crippen molar-refractivity contribution in [2.45, 2.75) is 32.1 Å². The molecule has 0 aromatic heterocycles. The summed E-state index contributed by atoms with van der Waals surface area (Å²) >= 11 is 0. The highest BCUT2D eigenvalue weighted by molar-refractivity contribution is 4.72. The van der Waals surface area contributed by atoms with Crippen molar-refractivity contribution >= 4 is 0 Å². The molecule has 1 saturated carbocycles. The Bertz CT molecular complexity index is 142. The van der Waals surface area contributed by atoms with Crippen LogP contribution in [0.3, 0.4) is 0 Å². The standard InChI is InChI=1S/C12H25NO2/c1-14-9-11-3-5-12(6-4-11)10-15-8-2-7-13/h11-12H,2-10,13H2,1H3. The molecule has 0 atom stereocenters. The van der Waals surface area contributed by atoms with Gasteiger partial charge in [-0.05, 0) is 50.5 Å². The van der Waals surface area contributed by atoms with Crippen molar-refractivity contribution in [2.24, 2.45) is 17.6 Å². The predicted molar refractivity (Wildman–Crippen MR) is 61.8 cm³/mol. The summed E-state index contributed by atoms with van der Waals surface area (Å²) in [6.45, 7) is 3.43. The minimum Gasteiger partial charge on any atom is -0.384 e. The van der Waals surface area contributed by atoms with E-state index >= 15 is 0 Å². The van der Waals surface area contributed by atoms with Crippen molar-refractivity contribution in [2.75, 3.05) is 33.5 Å². The summed E-state index contributed by atoms with van der Waals surface area (Å²) in [6.07, 6.45) is 6.20. The number of methoxy groups -OCH3 is 1.